The second kappa shape index (κ2) is 7.60. The molecule has 1 aliphatic heterocycles. The van der Waals surface area contributed by atoms with Crippen molar-refractivity contribution in [2.75, 3.05) is 26.2 Å². The number of hydrogen-bond acceptors (Lipinski definition) is 4. The van der Waals surface area contributed by atoms with Gasteiger partial charge in [-0.1, -0.05) is 17.7 Å². The molecule has 0 atom stereocenters. The molecule has 2 aromatic heterocycles. The minimum absolute atomic E-state index is 0.124. The summed E-state index contributed by atoms with van der Waals surface area (Å²) in [5, 5.41) is 0.347. The smallest absolute Gasteiger partial charge is 0.410 e. The lowest BCUT2D eigenvalue weighted by Gasteiger charge is -2.35. The normalized spacial score (nSPS) is 15.6. The molecule has 144 valence electrons. The van der Waals surface area contributed by atoms with Gasteiger partial charge in [0.15, 0.2) is 5.15 Å². The number of imidazole rings is 1. The zero-order valence-electron chi connectivity index (χ0n) is 15.7. The predicted octanol–water partition coefficient (Wildman–Crippen LogP) is 3.08. The van der Waals surface area contributed by atoms with Crippen molar-refractivity contribution >= 4 is 35.3 Å². The van der Waals surface area contributed by atoms with Gasteiger partial charge in [-0.3, -0.25) is 9.20 Å². The first-order valence-electron chi connectivity index (χ1n) is 8.82. The van der Waals surface area contributed by atoms with Crippen LogP contribution in [-0.2, 0) is 9.53 Å². The van der Waals surface area contributed by atoms with Gasteiger partial charge in [0.25, 0.3) is 0 Å². The Balaban J connectivity index is 1.60. The molecule has 0 aromatic carbocycles. The summed E-state index contributed by atoms with van der Waals surface area (Å²) in [4.78, 5) is 32.2. The standard InChI is InChI=1S/C19H23ClN4O3/c1-19(2,3)27-18(26)23-12-10-22(11-13-23)16(25)8-7-14-17(20)21-15-6-4-5-9-24(14)15/h4-9H,10-13H2,1-3H3/b8-7+. The van der Waals surface area contributed by atoms with E-state index in [0.29, 0.717) is 37.0 Å². The predicted molar refractivity (Wildman–Crippen MR) is 104 cm³/mol. The molecule has 0 aliphatic carbocycles. The Hall–Kier alpha value is -2.54. The third-order valence-corrected chi connectivity index (χ3v) is 4.43. The van der Waals surface area contributed by atoms with Gasteiger partial charge in [0.1, 0.15) is 11.2 Å². The fourth-order valence-corrected chi connectivity index (χ4v) is 3.07. The molecule has 27 heavy (non-hydrogen) atoms. The van der Waals surface area contributed by atoms with Gasteiger partial charge >= 0.3 is 6.09 Å². The summed E-state index contributed by atoms with van der Waals surface area (Å²) in [5.41, 5.74) is 0.855. The molecule has 3 heterocycles. The van der Waals surface area contributed by atoms with Crippen molar-refractivity contribution in [3.63, 3.8) is 0 Å². The molecule has 0 bridgehead atoms. The van der Waals surface area contributed by atoms with E-state index in [-0.39, 0.29) is 12.0 Å². The van der Waals surface area contributed by atoms with Crippen molar-refractivity contribution in [2.45, 2.75) is 26.4 Å². The van der Waals surface area contributed by atoms with E-state index in [1.165, 1.54) is 6.08 Å². The molecule has 0 saturated carbocycles. The van der Waals surface area contributed by atoms with Crippen LogP contribution < -0.4 is 0 Å². The number of fused-ring (bicyclic) bond motifs is 1. The first-order chi connectivity index (χ1) is 12.7. The van der Waals surface area contributed by atoms with Crippen molar-refractivity contribution in [1.82, 2.24) is 19.2 Å². The number of rotatable bonds is 2. The molecule has 1 aliphatic rings. The van der Waals surface area contributed by atoms with Crippen LogP contribution in [0.3, 0.4) is 0 Å². The summed E-state index contributed by atoms with van der Waals surface area (Å²) in [5.74, 6) is -0.124. The molecule has 0 N–H and O–H groups in total. The fourth-order valence-electron chi connectivity index (χ4n) is 2.83. The van der Waals surface area contributed by atoms with Crippen LogP contribution in [0.15, 0.2) is 30.5 Å². The van der Waals surface area contributed by atoms with Crippen molar-refractivity contribution in [3.8, 4) is 0 Å². The average Bonchev–Trinajstić information content (AvgIpc) is 2.93. The summed E-state index contributed by atoms with van der Waals surface area (Å²) in [7, 11) is 0. The van der Waals surface area contributed by atoms with Crippen molar-refractivity contribution < 1.29 is 14.3 Å². The van der Waals surface area contributed by atoms with Crippen LogP contribution in [0.2, 0.25) is 5.15 Å². The van der Waals surface area contributed by atoms with Gasteiger partial charge in [0.05, 0.1) is 5.69 Å². The van der Waals surface area contributed by atoms with Crippen molar-refractivity contribution in [2.24, 2.45) is 0 Å². The van der Waals surface area contributed by atoms with Gasteiger partial charge in [-0.2, -0.15) is 0 Å². The fraction of sp³-hybridized carbons (Fsp3) is 0.421. The van der Waals surface area contributed by atoms with E-state index in [1.807, 2.05) is 49.6 Å². The molecular formula is C19H23ClN4O3. The Morgan fingerprint density at radius 2 is 1.81 bits per heavy atom. The number of aromatic nitrogens is 2. The number of amides is 2. The third-order valence-electron chi connectivity index (χ3n) is 4.15. The summed E-state index contributed by atoms with van der Waals surface area (Å²) in [6.07, 6.45) is 4.66. The lowest BCUT2D eigenvalue weighted by Crippen LogP contribution is -2.51. The molecule has 8 heteroatoms. The molecule has 1 saturated heterocycles. The SMILES string of the molecule is CC(C)(C)OC(=O)N1CCN(C(=O)/C=C/c2c(Cl)nc3ccccn23)CC1. The second-order valence-corrected chi connectivity index (χ2v) is 7.70. The zero-order valence-corrected chi connectivity index (χ0v) is 16.4. The van der Waals surface area contributed by atoms with Crippen LogP contribution in [-0.4, -0.2) is 63.0 Å². The highest BCUT2D eigenvalue weighted by Crippen LogP contribution is 2.19. The highest BCUT2D eigenvalue weighted by Gasteiger charge is 2.27. The lowest BCUT2D eigenvalue weighted by molar-refractivity contribution is -0.127. The molecule has 0 unspecified atom stereocenters. The van der Waals surface area contributed by atoms with E-state index in [1.54, 1.807) is 15.9 Å². The Kier molecular flexibility index (Phi) is 5.41. The van der Waals surface area contributed by atoms with Gasteiger partial charge in [-0.05, 0) is 39.0 Å². The van der Waals surface area contributed by atoms with Crippen LogP contribution in [0.25, 0.3) is 11.7 Å². The number of hydrogen-bond donors (Lipinski definition) is 0. The summed E-state index contributed by atoms with van der Waals surface area (Å²) in [6.45, 7) is 7.32. The average molecular weight is 391 g/mol. The molecule has 2 amide bonds. The molecule has 0 radical (unpaired) electrons. The number of ether oxygens (including phenoxy) is 1. The minimum Gasteiger partial charge on any atom is -0.444 e. The van der Waals surface area contributed by atoms with Gasteiger partial charge in [-0.25, -0.2) is 9.78 Å². The third kappa shape index (κ3) is 4.60. The number of nitrogens with zero attached hydrogens (tertiary/aromatic N) is 4. The van der Waals surface area contributed by atoms with Gasteiger partial charge in [0.2, 0.25) is 5.91 Å². The first-order valence-corrected chi connectivity index (χ1v) is 9.20. The monoisotopic (exact) mass is 390 g/mol. The minimum atomic E-state index is -0.528. The molecular weight excluding hydrogens is 368 g/mol. The molecule has 7 nitrogen and oxygen atoms in total. The highest BCUT2D eigenvalue weighted by atomic mass is 35.5. The zero-order chi connectivity index (χ0) is 19.6. The first kappa shape index (κ1) is 19.2. The maximum absolute atomic E-state index is 12.5. The maximum atomic E-state index is 12.5. The van der Waals surface area contributed by atoms with Crippen LogP contribution in [0.5, 0.6) is 0 Å². The van der Waals surface area contributed by atoms with Crippen molar-refractivity contribution in [3.05, 3.63) is 41.3 Å². The Labute approximate surface area is 163 Å². The van der Waals surface area contributed by atoms with Crippen molar-refractivity contribution in [1.29, 1.82) is 0 Å². The lowest BCUT2D eigenvalue weighted by atomic mass is 10.2. The van der Waals surface area contributed by atoms with Gasteiger partial charge in [-0.15, -0.1) is 0 Å². The highest BCUT2D eigenvalue weighted by molar-refractivity contribution is 6.31. The van der Waals surface area contributed by atoms with E-state index < -0.39 is 5.60 Å². The quantitative estimate of drug-likeness (QED) is 0.739. The molecule has 1 fully saturated rings. The van der Waals surface area contributed by atoms with Gasteiger partial charge in [0, 0.05) is 38.5 Å². The van der Waals surface area contributed by atoms with Crippen LogP contribution >= 0.6 is 11.6 Å². The van der Waals surface area contributed by atoms with Crippen LogP contribution in [0.1, 0.15) is 26.5 Å². The summed E-state index contributed by atoms with van der Waals surface area (Å²) >= 11 is 6.18. The Morgan fingerprint density at radius 1 is 1.15 bits per heavy atom. The largest absolute Gasteiger partial charge is 0.444 e. The topological polar surface area (TPSA) is 67.2 Å². The van der Waals surface area contributed by atoms with E-state index in [2.05, 4.69) is 4.98 Å². The Bertz CT molecular complexity index is 877. The number of piperazine rings is 1. The number of carbonyl (C=O) groups excluding carboxylic acids is 2. The maximum Gasteiger partial charge on any atom is 0.410 e. The molecule has 3 rings (SSSR count). The Morgan fingerprint density at radius 3 is 2.48 bits per heavy atom. The second-order valence-electron chi connectivity index (χ2n) is 7.34. The van der Waals surface area contributed by atoms with Crippen LogP contribution in [0, 0.1) is 0 Å². The van der Waals surface area contributed by atoms with E-state index in [4.69, 9.17) is 16.3 Å². The molecule has 2 aromatic rings. The number of halogens is 1. The summed E-state index contributed by atoms with van der Waals surface area (Å²) < 4.78 is 7.19. The van der Waals surface area contributed by atoms with E-state index >= 15 is 0 Å². The number of pyridine rings is 1. The van der Waals surface area contributed by atoms with Gasteiger partial charge < -0.3 is 14.5 Å². The van der Waals surface area contributed by atoms with E-state index in [9.17, 15) is 9.59 Å². The van der Waals surface area contributed by atoms with Crippen LogP contribution in [0.4, 0.5) is 4.79 Å². The number of carbonyl (C=O) groups is 2. The van der Waals surface area contributed by atoms with E-state index in [0.717, 1.165) is 5.65 Å². The summed E-state index contributed by atoms with van der Waals surface area (Å²) in [6, 6.07) is 5.60. The molecule has 0 spiro atoms.